The number of carbonyl (C=O) groups excluding carboxylic acids is 1. The van der Waals surface area contributed by atoms with Gasteiger partial charge < -0.3 is 14.7 Å². The molecular formula is C19H19F3N2O5. The molecular weight excluding hydrogens is 393 g/mol. The minimum atomic E-state index is -4.45. The Morgan fingerprint density at radius 1 is 1.24 bits per heavy atom. The maximum Gasteiger partial charge on any atom is 0.416 e. The second-order valence-electron chi connectivity index (χ2n) is 6.38. The van der Waals surface area contributed by atoms with E-state index >= 15 is 0 Å². The molecule has 0 aliphatic carbocycles. The number of benzene rings is 2. The summed E-state index contributed by atoms with van der Waals surface area (Å²) in [5, 5.41) is 21.4. The average molecular weight is 412 g/mol. The Morgan fingerprint density at radius 3 is 2.38 bits per heavy atom. The van der Waals surface area contributed by atoms with Gasteiger partial charge in [-0.05, 0) is 43.3 Å². The largest absolute Gasteiger partial charge is 0.491 e. The van der Waals surface area contributed by atoms with Crippen molar-refractivity contribution in [1.82, 2.24) is 0 Å². The number of halogens is 3. The molecule has 1 unspecified atom stereocenters. The number of nitro benzene ring substituents is 1. The highest BCUT2D eigenvalue weighted by molar-refractivity contribution is 5.95. The Hall–Kier alpha value is -3.14. The highest BCUT2D eigenvalue weighted by Crippen LogP contribution is 2.31. The van der Waals surface area contributed by atoms with Crippen LogP contribution < -0.4 is 9.64 Å². The van der Waals surface area contributed by atoms with Crippen molar-refractivity contribution in [3.63, 3.8) is 0 Å². The number of ketones is 1. The number of ether oxygens (including phenoxy) is 1. The average Bonchev–Trinajstić information content (AvgIpc) is 2.65. The molecule has 2 aromatic carbocycles. The van der Waals surface area contributed by atoms with Crippen LogP contribution in [0.2, 0.25) is 0 Å². The fraction of sp³-hybridized carbons (Fsp3) is 0.316. The molecule has 0 fully saturated rings. The molecule has 0 aliphatic rings. The molecule has 0 spiro atoms. The van der Waals surface area contributed by atoms with E-state index in [1.807, 2.05) is 0 Å². The summed E-state index contributed by atoms with van der Waals surface area (Å²) >= 11 is 0. The predicted octanol–water partition coefficient (Wildman–Crippen LogP) is 3.69. The van der Waals surface area contributed by atoms with Crippen LogP contribution in [0.1, 0.15) is 22.8 Å². The molecule has 0 radical (unpaired) electrons. The van der Waals surface area contributed by atoms with Gasteiger partial charge in [-0.15, -0.1) is 0 Å². The normalized spacial score (nSPS) is 12.3. The van der Waals surface area contributed by atoms with E-state index < -0.39 is 22.8 Å². The van der Waals surface area contributed by atoms with Crippen LogP contribution in [0.4, 0.5) is 24.5 Å². The molecule has 7 nitrogen and oxygen atoms in total. The van der Waals surface area contributed by atoms with Crippen molar-refractivity contribution >= 4 is 17.2 Å². The zero-order valence-corrected chi connectivity index (χ0v) is 15.6. The second-order valence-corrected chi connectivity index (χ2v) is 6.38. The number of hydrogen-bond acceptors (Lipinski definition) is 6. The van der Waals surface area contributed by atoms with E-state index in [0.717, 1.165) is 24.3 Å². The quantitative estimate of drug-likeness (QED) is 0.404. The number of nitro groups is 1. The molecule has 0 saturated heterocycles. The number of aliphatic hydroxyl groups excluding tert-OH is 1. The Bertz CT molecular complexity index is 884. The molecule has 0 aromatic heterocycles. The van der Waals surface area contributed by atoms with E-state index in [4.69, 9.17) is 4.74 Å². The molecule has 10 heteroatoms. The van der Waals surface area contributed by atoms with Crippen LogP contribution in [-0.2, 0) is 6.18 Å². The monoisotopic (exact) mass is 412 g/mol. The summed E-state index contributed by atoms with van der Waals surface area (Å²) in [4.78, 5) is 23.5. The first kappa shape index (κ1) is 22.2. The molecule has 0 aliphatic heterocycles. The van der Waals surface area contributed by atoms with E-state index in [0.29, 0.717) is 0 Å². The summed E-state index contributed by atoms with van der Waals surface area (Å²) in [6.07, 6.45) is -5.53. The van der Waals surface area contributed by atoms with Crippen LogP contribution in [0.25, 0.3) is 0 Å². The van der Waals surface area contributed by atoms with Crippen LogP contribution in [0.3, 0.4) is 0 Å². The van der Waals surface area contributed by atoms with Gasteiger partial charge in [0, 0.05) is 25.2 Å². The zero-order valence-electron chi connectivity index (χ0n) is 15.6. The maximum absolute atomic E-state index is 12.5. The van der Waals surface area contributed by atoms with Crippen molar-refractivity contribution in [1.29, 1.82) is 0 Å². The summed E-state index contributed by atoms with van der Waals surface area (Å²) in [5.74, 6) is -0.163. The van der Waals surface area contributed by atoms with Crippen LogP contribution in [-0.4, -0.2) is 42.1 Å². The van der Waals surface area contributed by atoms with Gasteiger partial charge in [0.05, 0.1) is 10.5 Å². The van der Waals surface area contributed by atoms with Crippen LogP contribution >= 0.6 is 0 Å². The minimum absolute atomic E-state index is 0.0408. The number of likely N-dealkylation sites (N-methyl/N-ethyl adjacent to an activating group) is 1. The van der Waals surface area contributed by atoms with Gasteiger partial charge in [-0.25, -0.2) is 0 Å². The number of aliphatic hydroxyl groups is 1. The van der Waals surface area contributed by atoms with E-state index in [2.05, 4.69) is 0 Å². The van der Waals surface area contributed by atoms with Gasteiger partial charge in [0.1, 0.15) is 24.1 Å². The molecule has 1 atom stereocenters. The zero-order chi connectivity index (χ0) is 21.8. The number of rotatable bonds is 8. The van der Waals surface area contributed by atoms with E-state index in [1.54, 1.807) is 0 Å². The molecule has 29 heavy (non-hydrogen) atoms. The van der Waals surface area contributed by atoms with E-state index in [1.165, 1.54) is 37.1 Å². The van der Waals surface area contributed by atoms with Crippen molar-refractivity contribution in [2.45, 2.75) is 19.2 Å². The highest BCUT2D eigenvalue weighted by atomic mass is 19.4. The van der Waals surface area contributed by atoms with Gasteiger partial charge in [-0.1, -0.05) is 0 Å². The van der Waals surface area contributed by atoms with Gasteiger partial charge >= 0.3 is 6.18 Å². The molecule has 1 N–H and O–H groups in total. The molecule has 0 bridgehead atoms. The van der Waals surface area contributed by atoms with Crippen molar-refractivity contribution in [2.75, 3.05) is 25.1 Å². The van der Waals surface area contributed by atoms with Crippen LogP contribution in [0.5, 0.6) is 5.75 Å². The fourth-order valence-electron chi connectivity index (χ4n) is 2.61. The van der Waals surface area contributed by atoms with Crippen molar-refractivity contribution in [3.05, 3.63) is 63.7 Å². The predicted molar refractivity (Wildman–Crippen MR) is 99.3 cm³/mol. The molecule has 2 aromatic rings. The number of hydrogen-bond donors (Lipinski definition) is 1. The van der Waals surface area contributed by atoms with Gasteiger partial charge in [0.25, 0.3) is 5.69 Å². The first-order valence-corrected chi connectivity index (χ1v) is 8.47. The van der Waals surface area contributed by atoms with Crippen molar-refractivity contribution < 1.29 is 32.7 Å². The fourth-order valence-corrected chi connectivity index (χ4v) is 2.61. The molecule has 0 amide bonds. The summed E-state index contributed by atoms with van der Waals surface area (Å²) in [6.45, 7) is 1.03. The molecule has 156 valence electrons. The topological polar surface area (TPSA) is 92.9 Å². The third-order valence-electron chi connectivity index (χ3n) is 4.10. The summed E-state index contributed by atoms with van der Waals surface area (Å²) in [6, 6.07) is 8.06. The highest BCUT2D eigenvalue weighted by Gasteiger charge is 2.30. The lowest BCUT2D eigenvalue weighted by atomic mass is 10.1. The molecule has 0 saturated carbocycles. The lowest BCUT2D eigenvalue weighted by Gasteiger charge is -2.23. The first-order valence-electron chi connectivity index (χ1n) is 8.47. The molecule has 2 rings (SSSR count). The number of carbonyl (C=O) groups is 1. The van der Waals surface area contributed by atoms with Crippen LogP contribution in [0, 0.1) is 10.1 Å². The third kappa shape index (κ3) is 5.92. The Balaban J connectivity index is 2.01. The Labute approximate surface area is 164 Å². The number of anilines is 1. The van der Waals surface area contributed by atoms with E-state index in [9.17, 15) is 33.2 Å². The standard InChI is InChI=1S/C19H19F3N2O5/c1-12(25)13-3-8-17(18(9-13)24(27)28)23(2)10-15(26)11-29-16-6-4-14(5-7-16)19(20,21)22/h3-9,15,26H,10-11H2,1-2H3. The minimum Gasteiger partial charge on any atom is -0.491 e. The van der Waals surface area contributed by atoms with Crippen molar-refractivity contribution in [2.24, 2.45) is 0 Å². The number of Topliss-reactive ketones (excluding diaryl/α,β-unsaturated/α-hetero) is 1. The van der Waals surface area contributed by atoms with Gasteiger partial charge in [-0.3, -0.25) is 14.9 Å². The summed E-state index contributed by atoms with van der Waals surface area (Å²) in [5.41, 5.74) is -0.698. The number of nitrogens with zero attached hydrogens (tertiary/aromatic N) is 2. The van der Waals surface area contributed by atoms with Gasteiger partial charge in [-0.2, -0.15) is 13.2 Å². The lowest BCUT2D eigenvalue weighted by Crippen LogP contribution is -2.33. The summed E-state index contributed by atoms with van der Waals surface area (Å²) in [7, 11) is 1.52. The summed E-state index contributed by atoms with van der Waals surface area (Å²) < 4.78 is 42.9. The number of alkyl halides is 3. The van der Waals surface area contributed by atoms with Crippen LogP contribution in [0.15, 0.2) is 42.5 Å². The smallest absolute Gasteiger partial charge is 0.416 e. The Morgan fingerprint density at radius 2 is 1.86 bits per heavy atom. The third-order valence-corrected chi connectivity index (χ3v) is 4.10. The van der Waals surface area contributed by atoms with Gasteiger partial charge in [0.15, 0.2) is 5.78 Å². The van der Waals surface area contributed by atoms with Crippen molar-refractivity contribution in [3.8, 4) is 5.75 Å². The lowest BCUT2D eigenvalue weighted by molar-refractivity contribution is -0.384. The SMILES string of the molecule is CC(=O)c1ccc(N(C)CC(O)COc2ccc(C(F)(F)F)cc2)c([N+](=O)[O-])c1. The maximum atomic E-state index is 12.5. The van der Waals surface area contributed by atoms with E-state index in [-0.39, 0.29) is 41.6 Å². The second kappa shape index (κ2) is 8.91. The Kier molecular flexibility index (Phi) is 6.80. The first-order chi connectivity index (χ1) is 13.5. The van der Waals surface area contributed by atoms with Gasteiger partial charge in [0.2, 0.25) is 0 Å². The molecule has 0 heterocycles.